The fraction of sp³-hybridized carbons (Fsp3) is 0.467. The van der Waals surface area contributed by atoms with Crippen LogP contribution in [-0.2, 0) is 4.79 Å². The molecule has 2 heterocycles. The van der Waals surface area contributed by atoms with Crippen molar-refractivity contribution in [2.75, 3.05) is 5.32 Å². The predicted molar refractivity (Wildman–Crippen MR) is 73.1 cm³/mol. The van der Waals surface area contributed by atoms with Crippen molar-refractivity contribution in [2.45, 2.75) is 38.3 Å². The van der Waals surface area contributed by atoms with Gasteiger partial charge in [-0.15, -0.1) is 0 Å². The Bertz CT molecular complexity index is 527. The topological polar surface area (TPSA) is 58.2 Å². The van der Waals surface area contributed by atoms with E-state index in [0.717, 1.165) is 12.8 Å². The summed E-state index contributed by atoms with van der Waals surface area (Å²) >= 11 is 0. The summed E-state index contributed by atoms with van der Waals surface area (Å²) in [5, 5.41) is 6.39. The van der Waals surface area contributed by atoms with Crippen molar-refractivity contribution in [1.29, 1.82) is 0 Å². The first-order valence-electron chi connectivity index (χ1n) is 6.81. The number of amides is 1. The van der Waals surface area contributed by atoms with E-state index in [4.69, 9.17) is 0 Å². The fourth-order valence-corrected chi connectivity index (χ4v) is 3.16. The highest BCUT2D eigenvalue weighted by molar-refractivity contribution is 5.97. The summed E-state index contributed by atoms with van der Waals surface area (Å²) in [5.41, 5.74) is 1.34. The molecule has 1 aromatic rings. The number of benzene rings is 1. The Hall–Kier alpha value is -1.68. The molecule has 2 aliphatic heterocycles. The lowest BCUT2D eigenvalue weighted by Gasteiger charge is -2.19. The maximum atomic E-state index is 12.2. The number of hydrogen-bond acceptors (Lipinski definition) is 3. The standard InChI is InChI=1S/C15H18N2O2/c1-9(18)10-3-2-4-11(7-10)17-15(19)13-8-12-5-6-14(13)16-12/h2-4,7,12-14,16H,5-6,8H2,1H3,(H,17,19). The summed E-state index contributed by atoms with van der Waals surface area (Å²) < 4.78 is 0. The van der Waals surface area contributed by atoms with E-state index in [9.17, 15) is 9.59 Å². The summed E-state index contributed by atoms with van der Waals surface area (Å²) in [5.74, 6) is 0.151. The van der Waals surface area contributed by atoms with E-state index in [1.807, 2.05) is 6.07 Å². The van der Waals surface area contributed by atoms with Crippen LogP contribution in [0.5, 0.6) is 0 Å². The van der Waals surface area contributed by atoms with Crippen LogP contribution in [-0.4, -0.2) is 23.8 Å². The second-order valence-electron chi connectivity index (χ2n) is 5.52. The fourth-order valence-electron chi connectivity index (χ4n) is 3.16. The zero-order chi connectivity index (χ0) is 13.4. The molecule has 2 saturated heterocycles. The average Bonchev–Trinajstić information content (AvgIpc) is 3.01. The summed E-state index contributed by atoms with van der Waals surface area (Å²) in [6.45, 7) is 1.53. The van der Waals surface area contributed by atoms with Gasteiger partial charge in [-0.3, -0.25) is 9.59 Å². The second kappa shape index (κ2) is 4.78. The second-order valence-corrected chi connectivity index (χ2v) is 5.52. The molecule has 2 N–H and O–H groups in total. The Labute approximate surface area is 112 Å². The first-order chi connectivity index (χ1) is 9.13. The molecule has 1 amide bonds. The molecule has 0 radical (unpaired) electrons. The lowest BCUT2D eigenvalue weighted by molar-refractivity contribution is -0.120. The van der Waals surface area contributed by atoms with E-state index >= 15 is 0 Å². The quantitative estimate of drug-likeness (QED) is 0.815. The molecule has 2 fully saturated rings. The van der Waals surface area contributed by atoms with E-state index in [1.54, 1.807) is 18.2 Å². The van der Waals surface area contributed by atoms with Gasteiger partial charge < -0.3 is 10.6 Å². The third-order valence-electron chi connectivity index (χ3n) is 4.17. The van der Waals surface area contributed by atoms with Gasteiger partial charge in [0.05, 0.1) is 5.92 Å². The number of rotatable bonds is 3. The Balaban J connectivity index is 1.69. The number of carbonyl (C=O) groups is 2. The number of carbonyl (C=O) groups excluding carboxylic acids is 2. The Morgan fingerprint density at radius 1 is 1.32 bits per heavy atom. The van der Waals surface area contributed by atoms with Gasteiger partial charge in [-0.2, -0.15) is 0 Å². The van der Waals surface area contributed by atoms with Gasteiger partial charge in [0, 0.05) is 23.3 Å². The number of fused-ring (bicyclic) bond motifs is 2. The number of hydrogen-bond donors (Lipinski definition) is 2. The van der Waals surface area contributed by atoms with Crippen molar-refractivity contribution in [1.82, 2.24) is 5.32 Å². The van der Waals surface area contributed by atoms with Gasteiger partial charge in [0.15, 0.2) is 5.78 Å². The third-order valence-corrected chi connectivity index (χ3v) is 4.17. The first-order valence-corrected chi connectivity index (χ1v) is 6.81. The zero-order valence-electron chi connectivity index (χ0n) is 11.0. The third kappa shape index (κ3) is 2.40. The van der Waals surface area contributed by atoms with E-state index in [2.05, 4.69) is 10.6 Å². The van der Waals surface area contributed by atoms with Crippen LogP contribution in [0.25, 0.3) is 0 Å². The van der Waals surface area contributed by atoms with Crippen LogP contribution in [0.2, 0.25) is 0 Å². The summed E-state index contributed by atoms with van der Waals surface area (Å²) in [7, 11) is 0. The maximum absolute atomic E-state index is 12.2. The van der Waals surface area contributed by atoms with Gasteiger partial charge in [0.1, 0.15) is 0 Å². The molecule has 0 saturated carbocycles. The molecule has 100 valence electrons. The summed E-state index contributed by atoms with van der Waals surface area (Å²) in [4.78, 5) is 23.6. The molecule has 2 bridgehead atoms. The number of nitrogens with one attached hydrogen (secondary N) is 2. The van der Waals surface area contributed by atoms with Crippen LogP contribution in [0.15, 0.2) is 24.3 Å². The molecule has 1 aromatic carbocycles. The van der Waals surface area contributed by atoms with Gasteiger partial charge in [-0.05, 0) is 38.3 Å². The minimum absolute atomic E-state index is 0.0117. The van der Waals surface area contributed by atoms with Crippen LogP contribution in [0, 0.1) is 5.92 Å². The number of Topliss-reactive ketones (excluding diaryl/α,β-unsaturated/α-hetero) is 1. The molecule has 0 spiro atoms. The maximum Gasteiger partial charge on any atom is 0.229 e. The zero-order valence-corrected chi connectivity index (χ0v) is 11.0. The highest BCUT2D eigenvalue weighted by atomic mass is 16.2. The smallest absolute Gasteiger partial charge is 0.229 e. The molecule has 3 rings (SSSR count). The molecule has 0 aliphatic carbocycles. The lowest BCUT2D eigenvalue weighted by Crippen LogP contribution is -2.32. The van der Waals surface area contributed by atoms with Crippen LogP contribution in [0.4, 0.5) is 5.69 Å². The van der Waals surface area contributed by atoms with Crippen LogP contribution < -0.4 is 10.6 Å². The van der Waals surface area contributed by atoms with E-state index in [1.165, 1.54) is 13.3 Å². The molecule has 0 aromatic heterocycles. The molecule has 4 heteroatoms. The summed E-state index contributed by atoms with van der Waals surface area (Å²) in [6.07, 6.45) is 3.22. The average molecular weight is 258 g/mol. The normalized spacial score (nSPS) is 28.4. The molecule has 19 heavy (non-hydrogen) atoms. The van der Waals surface area contributed by atoms with Crippen molar-refractivity contribution >= 4 is 17.4 Å². The van der Waals surface area contributed by atoms with Crippen molar-refractivity contribution in [3.63, 3.8) is 0 Å². The minimum atomic E-state index is 0.0117. The van der Waals surface area contributed by atoms with Crippen molar-refractivity contribution < 1.29 is 9.59 Å². The minimum Gasteiger partial charge on any atom is -0.326 e. The molecular formula is C15H18N2O2. The molecule has 2 aliphatic rings. The Morgan fingerprint density at radius 2 is 2.16 bits per heavy atom. The van der Waals surface area contributed by atoms with E-state index < -0.39 is 0 Å². The van der Waals surface area contributed by atoms with Gasteiger partial charge in [-0.1, -0.05) is 12.1 Å². The highest BCUT2D eigenvalue weighted by Gasteiger charge is 2.42. The van der Waals surface area contributed by atoms with Crippen LogP contribution >= 0.6 is 0 Å². The monoisotopic (exact) mass is 258 g/mol. The predicted octanol–water partition coefficient (Wildman–Crippen LogP) is 1.97. The Kier molecular flexibility index (Phi) is 3.11. The number of ketones is 1. The molecule has 4 nitrogen and oxygen atoms in total. The van der Waals surface area contributed by atoms with Crippen LogP contribution in [0.3, 0.4) is 0 Å². The van der Waals surface area contributed by atoms with E-state index in [-0.39, 0.29) is 17.6 Å². The first kappa shape index (κ1) is 12.4. The SMILES string of the molecule is CC(=O)c1cccc(NC(=O)C2CC3CCC2N3)c1. The highest BCUT2D eigenvalue weighted by Crippen LogP contribution is 2.33. The van der Waals surface area contributed by atoms with Crippen molar-refractivity contribution in [2.24, 2.45) is 5.92 Å². The van der Waals surface area contributed by atoms with Gasteiger partial charge in [0.2, 0.25) is 5.91 Å². The lowest BCUT2D eigenvalue weighted by atomic mass is 9.88. The number of anilines is 1. The van der Waals surface area contributed by atoms with Crippen LogP contribution in [0.1, 0.15) is 36.5 Å². The Morgan fingerprint density at radius 3 is 2.79 bits per heavy atom. The van der Waals surface area contributed by atoms with Gasteiger partial charge >= 0.3 is 0 Å². The van der Waals surface area contributed by atoms with Gasteiger partial charge in [0.25, 0.3) is 0 Å². The molecule has 3 atom stereocenters. The summed E-state index contributed by atoms with van der Waals surface area (Å²) in [6, 6.07) is 7.97. The van der Waals surface area contributed by atoms with Crippen molar-refractivity contribution in [3.05, 3.63) is 29.8 Å². The van der Waals surface area contributed by atoms with E-state index in [0.29, 0.717) is 23.3 Å². The molecular weight excluding hydrogens is 240 g/mol. The van der Waals surface area contributed by atoms with Gasteiger partial charge in [-0.25, -0.2) is 0 Å². The molecule has 3 unspecified atom stereocenters. The largest absolute Gasteiger partial charge is 0.326 e. The van der Waals surface area contributed by atoms with Crippen molar-refractivity contribution in [3.8, 4) is 0 Å².